The van der Waals surface area contributed by atoms with Crippen LogP contribution < -0.4 is 0 Å². The third-order valence-electron chi connectivity index (χ3n) is 3.38. The van der Waals surface area contributed by atoms with Crippen molar-refractivity contribution in [2.24, 2.45) is 5.92 Å². The summed E-state index contributed by atoms with van der Waals surface area (Å²) in [6, 6.07) is 8.98. The molecule has 1 aliphatic rings. The van der Waals surface area contributed by atoms with E-state index in [4.69, 9.17) is 14.2 Å². The molecule has 0 saturated carbocycles. The first-order chi connectivity index (χ1) is 9.20. The van der Waals surface area contributed by atoms with E-state index in [2.05, 4.69) is 6.92 Å². The predicted octanol–water partition coefficient (Wildman–Crippen LogP) is 2.63. The van der Waals surface area contributed by atoms with Crippen LogP contribution >= 0.6 is 0 Å². The van der Waals surface area contributed by atoms with E-state index in [-0.39, 0.29) is 25.0 Å². The van der Waals surface area contributed by atoms with Crippen LogP contribution in [0.4, 0.5) is 0 Å². The topological polar surface area (TPSA) is 44.8 Å². The number of ether oxygens (including phenoxy) is 3. The van der Waals surface area contributed by atoms with Crippen LogP contribution in [0.2, 0.25) is 0 Å². The van der Waals surface area contributed by atoms with Crippen molar-refractivity contribution in [2.75, 3.05) is 13.7 Å². The van der Waals surface area contributed by atoms with Crippen molar-refractivity contribution in [1.82, 2.24) is 0 Å². The van der Waals surface area contributed by atoms with E-state index >= 15 is 0 Å². The van der Waals surface area contributed by atoms with Crippen molar-refractivity contribution in [1.29, 1.82) is 0 Å². The van der Waals surface area contributed by atoms with Crippen molar-refractivity contribution in [3.8, 4) is 0 Å². The summed E-state index contributed by atoms with van der Waals surface area (Å²) in [5.74, 6) is 0.0721. The quantitative estimate of drug-likeness (QED) is 0.784. The molecule has 3 atom stereocenters. The lowest BCUT2D eigenvalue weighted by molar-refractivity contribution is -0.212. The van der Waals surface area contributed by atoms with E-state index in [1.807, 2.05) is 18.2 Å². The summed E-state index contributed by atoms with van der Waals surface area (Å²) in [5.41, 5.74) is 0.565. The first kappa shape index (κ1) is 14.0. The first-order valence-corrected chi connectivity index (χ1v) is 6.61. The fraction of sp³-hybridized carbons (Fsp3) is 0.533. The van der Waals surface area contributed by atoms with Gasteiger partial charge >= 0.3 is 5.97 Å². The maximum absolute atomic E-state index is 11.8. The number of methoxy groups -OCH3 is 1. The van der Waals surface area contributed by atoms with Gasteiger partial charge in [0.05, 0.1) is 11.7 Å². The maximum Gasteiger partial charge on any atom is 0.338 e. The minimum Gasteiger partial charge on any atom is -0.459 e. The summed E-state index contributed by atoms with van der Waals surface area (Å²) >= 11 is 0. The molecule has 0 spiro atoms. The second-order valence-electron chi connectivity index (χ2n) is 4.88. The zero-order valence-electron chi connectivity index (χ0n) is 11.4. The van der Waals surface area contributed by atoms with Gasteiger partial charge in [-0.25, -0.2) is 4.79 Å². The first-order valence-electron chi connectivity index (χ1n) is 6.61. The molecule has 1 aromatic rings. The van der Waals surface area contributed by atoms with Gasteiger partial charge in [0, 0.05) is 13.0 Å². The minimum absolute atomic E-state index is 0.0752. The van der Waals surface area contributed by atoms with Gasteiger partial charge in [-0.2, -0.15) is 0 Å². The van der Waals surface area contributed by atoms with Gasteiger partial charge in [-0.1, -0.05) is 25.1 Å². The second kappa shape index (κ2) is 6.68. The standard InChI is InChI=1S/C15H20O4/c1-11-8-9-13(19-15(11)17-2)10-18-14(16)12-6-4-3-5-7-12/h3-7,11,13,15H,8-10H2,1-2H3. The molecule has 0 aliphatic carbocycles. The van der Waals surface area contributed by atoms with Crippen LogP contribution in [0.1, 0.15) is 30.1 Å². The molecule has 0 N–H and O–H groups in total. The Labute approximate surface area is 113 Å². The highest BCUT2D eigenvalue weighted by atomic mass is 16.7. The highest BCUT2D eigenvalue weighted by Gasteiger charge is 2.29. The summed E-state index contributed by atoms with van der Waals surface area (Å²) < 4.78 is 16.3. The zero-order chi connectivity index (χ0) is 13.7. The van der Waals surface area contributed by atoms with Gasteiger partial charge in [0.15, 0.2) is 6.29 Å². The monoisotopic (exact) mass is 264 g/mol. The van der Waals surface area contributed by atoms with Crippen LogP contribution in [0.3, 0.4) is 0 Å². The molecule has 1 fully saturated rings. The number of hydrogen-bond donors (Lipinski definition) is 0. The van der Waals surface area contributed by atoms with Crippen molar-refractivity contribution in [2.45, 2.75) is 32.2 Å². The van der Waals surface area contributed by atoms with Crippen LogP contribution in [0.25, 0.3) is 0 Å². The second-order valence-corrected chi connectivity index (χ2v) is 4.88. The normalized spacial score (nSPS) is 26.9. The Morgan fingerprint density at radius 3 is 2.74 bits per heavy atom. The van der Waals surface area contributed by atoms with Gasteiger partial charge in [-0.3, -0.25) is 0 Å². The number of carbonyl (C=O) groups excluding carboxylic acids is 1. The molecule has 2 rings (SSSR count). The SMILES string of the molecule is COC1OC(COC(=O)c2ccccc2)CCC1C. The lowest BCUT2D eigenvalue weighted by atomic mass is 9.99. The number of hydrogen-bond acceptors (Lipinski definition) is 4. The average Bonchev–Trinajstić information content (AvgIpc) is 2.47. The van der Waals surface area contributed by atoms with Crippen LogP contribution in [0, 0.1) is 5.92 Å². The highest BCUT2D eigenvalue weighted by Crippen LogP contribution is 2.25. The summed E-state index contributed by atoms with van der Waals surface area (Å²) in [7, 11) is 1.64. The molecule has 19 heavy (non-hydrogen) atoms. The molecular weight excluding hydrogens is 244 g/mol. The van der Waals surface area contributed by atoms with Crippen molar-refractivity contribution >= 4 is 5.97 Å². The van der Waals surface area contributed by atoms with Gasteiger partial charge in [0.1, 0.15) is 6.61 Å². The molecule has 104 valence electrons. The van der Waals surface area contributed by atoms with E-state index in [9.17, 15) is 4.79 Å². The number of esters is 1. The van der Waals surface area contributed by atoms with Crippen molar-refractivity contribution < 1.29 is 19.0 Å². The lowest BCUT2D eigenvalue weighted by Gasteiger charge is -2.33. The van der Waals surface area contributed by atoms with E-state index < -0.39 is 0 Å². The van der Waals surface area contributed by atoms with Crippen molar-refractivity contribution in [3.05, 3.63) is 35.9 Å². The van der Waals surface area contributed by atoms with Gasteiger partial charge < -0.3 is 14.2 Å². The molecule has 1 saturated heterocycles. The Kier molecular flexibility index (Phi) is 4.93. The molecule has 1 aliphatic heterocycles. The summed E-state index contributed by atoms with van der Waals surface area (Å²) in [5, 5.41) is 0. The maximum atomic E-state index is 11.8. The number of carbonyl (C=O) groups is 1. The molecule has 4 heteroatoms. The minimum atomic E-state index is -0.309. The van der Waals surface area contributed by atoms with Gasteiger partial charge in [0.25, 0.3) is 0 Å². The van der Waals surface area contributed by atoms with E-state index in [1.165, 1.54) is 0 Å². The molecule has 0 aromatic heterocycles. The molecule has 0 amide bonds. The fourth-order valence-electron chi connectivity index (χ4n) is 2.21. The smallest absolute Gasteiger partial charge is 0.338 e. The average molecular weight is 264 g/mol. The van der Waals surface area contributed by atoms with E-state index in [0.29, 0.717) is 11.5 Å². The van der Waals surface area contributed by atoms with Gasteiger partial charge in [-0.05, 0) is 25.0 Å². The van der Waals surface area contributed by atoms with Crippen LogP contribution in [-0.4, -0.2) is 32.1 Å². The van der Waals surface area contributed by atoms with Gasteiger partial charge in [-0.15, -0.1) is 0 Å². The fourth-order valence-corrected chi connectivity index (χ4v) is 2.21. The third kappa shape index (κ3) is 3.78. The number of benzene rings is 1. The number of rotatable bonds is 4. The molecular formula is C15H20O4. The van der Waals surface area contributed by atoms with Crippen molar-refractivity contribution in [3.63, 3.8) is 0 Å². The molecule has 0 radical (unpaired) electrons. The summed E-state index contributed by atoms with van der Waals surface area (Å²) in [4.78, 5) is 11.8. The molecule has 4 nitrogen and oxygen atoms in total. The van der Waals surface area contributed by atoms with E-state index in [1.54, 1.807) is 19.2 Å². The Morgan fingerprint density at radius 1 is 1.32 bits per heavy atom. The molecule has 1 aromatic carbocycles. The zero-order valence-corrected chi connectivity index (χ0v) is 11.4. The van der Waals surface area contributed by atoms with E-state index in [0.717, 1.165) is 12.8 Å². The Balaban J connectivity index is 1.81. The van der Waals surface area contributed by atoms with Crippen LogP contribution in [-0.2, 0) is 14.2 Å². The third-order valence-corrected chi connectivity index (χ3v) is 3.38. The summed E-state index contributed by atoms with van der Waals surface area (Å²) in [6.45, 7) is 2.38. The largest absolute Gasteiger partial charge is 0.459 e. The van der Waals surface area contributed by atoms with Crippen LogP contribution in [0.15, 0.2) is 30.3 Å². The Hall–Kier alpha value is -1.39. The van der Waals surface area contributed by atoms with Crippen LogP contribution in [0.5, 0.6) is 0 Å². The lowest BCUT2D eigenvalue weighted by Crippen LogP contribution is -2.37. The molecule has 1 heterocycles. The molecule has 3 unspecified atom stereocenters. The predicted molar refractivity (Wildman–Crippen MR) is 70.8 cm³/mol. The molecule has 0 bridgehead atoms. The van der Waals surface area contributed by atoms with Gasteiger partial charge in [0.2, 0.25) is 0 Å². The highest BCUT2D eigenvalue weighted by molar-refractivity contribution is 5.89. The Bertz CT molecular complexity index is 404. The summed E-state index contributed by atoms with van der Waals surface area (Å²) in [6.07, 6.45) is 1.64. The Morgan fingerprint density at radius 2 is 2.05 bits per heavy atom.